The third-order valence-electron chi connectivity index (χ3n) is 14.6. The minimum absolute atomic E-state index is 0. The van der Waals surface area contributed by atoms with E-state index >= 15 is 0 Å². The number of benzene rings is 9. The van der Waals surface area contributed by atoms with Gasteiger partial charge in [0, 0.05) is 61.8 Å². The summed E-state index contributed by atoms with van der Waals surface area (Å²) >= 11 is 0. The minimum atomic E-state index is -0.289. The fraction of sp³-hybridized carbons (Fsp3) is 0.0476. The van der Waals surface area contributed by atoms with Crippen molar-refractivity contribution in [1.29, 1.82) is 0 Å². The van der Waals surface area contributed by atoms with Gasteiger partial charge in [-0.1, -0.05) is 146 Å². The molecule has 0 atom stereocenters. The molecule has 8 heteroatoms. The fourth-order valence-corrected chi connectivity index (χ4v) is 11.7. The summed E-state index contributed by atoms with van der Waals surface area (Å²) in [6.45, 7) is 4.55. The molecule has 14 aromatic rings. The summed E-state index contributed by atoms with van der Waals surface area (Å²) in [7, 11) is 0. The first-order valence-corrected chi connectivity index (χ1v) is 23.8. The Balaban J connectivity index is 0.00000470. The summed E-state index contributed by atoms with van der Waals surface area (Å²) in [6.07, 6.45) is 1.84. The molecule has 0 unspecified atom stereocenters. The largest absolute Gasteiger partial charge is 2.00 e. The van der Waals surface area contributed by atoms with Gasteiger partial charge in [-0.3, -0.25) is 4.98 Å². The van der Waals surface area contributed by atoms with E-state index in [1.165, 1.54) is 27.1 Å². The molecule has 0 saturated carbocycles. The van der Waals surface area contributed by atoms with Crippen LogP contribution in [0.2, 0.25) is 0 Å². The van der Waals surface area contributed by atoms with Crippen molar-refractivity contribution in [1.82, 2.24) is 23.5 Å². The number of fused-ring (bicyclic) bond motifs is 19. The van der Waals surface area contributed by atoms with Crippen molar-refractivity contribution in [3.63, 3.8) is 0 Å². The van der Waals surface area contributed by atoms with Crippen LogP contribution in [0, 0.1) is 12.1 Å². The number of nitrogens with zero attached hydrogens (tertiary/aromatic N) is 6. The maximum absolute atomic E-state index is 6.93. The van der Waals surface area contributed by atoms with Crippen LogP contribution < -0.4 is 9.64 Å². The molecule has 9 aromatic carbocycles. The van der Waals surface area contributed by atoms with Crippen LogP contribution in [0.5, 0.6) is 11.5 Å². The average Bonchev–Trinajstić information content (AvgIpc) is 4.08. The Kier molecular flexibility index (Phi) is 9.04. The second-order valence-electron chi connectivity index (χ2n) is 18.8. The molecule has 7 nitrogen and oxygen atoms in total. The summed E-state index contributed by atoms with van der Waals surface area (Å²) in [5, 5.41) is 7.69. The van der Waals surface area contributed by atoms with Crippen molar-refractivity contribution in [3.8, 4) is 22.9 Å². The fourth-order valence-electron chi connectivity index (χ4n) is 11.7. The van der Waals surface area contributed by atoms with Crippen LogP contribution in [-0.4, -0.2) is 23.5 Å². The Morgan fingerprint density at radius 2 is 1.04 bits per heavy atom. The van der Waals surface area contributed by atoms with Crippen molar-refractivity contribution >= 4 is 99.2 Å². The van der Waals surface area contributed by atoms with Crippen molar-refractivity contribution in [2.24, 2.45) is 0 Å². The van der Waals surface area contributed by atoms with Gasteiger partial charge in [-0.05, 0) is 83.1 Å². The quantitative estimate of drug-likeness (QED) is 0.0979. The number of hydrogen-bond acceptors (Lipinski definition) is 4. The molecule has 0 spiro atoms. The minimum Gasteiger partial charge on any atom is -0.503 e. The molecule has 0 radical (unpaired) electrons. The Morgan fingerprint density at radius 3 is 1.73 bits per heavy atom. The molecule has 0 fully saturated rings. The predicted octanol–water partition coefficient (Wildman–Crippen LogP) is 15.9. The van der Waals surface area contributed by atoms with Crippen LogP contribution in [0.15, 0.2) is 206 Å². The molecular weight excluding hydrogens is 963 g/mol. The zero-order chi connectivity index (χ0) is 46.2. The molecule has 0 saturated heterocycles. The van der Waals surface area contributed by atoms with E-state index in [-0.39, 0.29) is 25.8 Å². The Hall–Kier alpha value is -8.54. The first-order valence-electron chi connectivity index (χ1n) is 23.8. The van der Waals surface area contributed by atoms with Crippen LogP contribution in [0.25, 0.3) is 93.3 Å². The second-order valence-corrected chi connectivity index (χ2v) is 18.8. The molecule has 338 valence electrons. The Labute approximate surface area is 422 Å². The van der Waals surface area contributed by atoms with Crippen LogP contribution >= 0.6 is 0 Å². The van der Waals surface area contributed by atoms with E-state index < -0.39 is 0 Å². The Morgan fingerprint density at radius 1 is 0.479 bits per heavy atom. The topological polar surface area (TPSA) is 52.5 Å². The van der Waals surface area contributed by atoms with E-state index in [0.717, 1.165) is 94.6 Å². The molecule has 0 N–H and O–H groups in total. The van der Waals surface area contributed by atoms with Gasteiger partial charge in [0.25, 0.3) is 0 Å². The van der Waals surface area contributed by atoms with Crippen molar-refractivity contribution < 1.29 is 25.2 Å². The van der Waals surface area contributed by atoms with Crippen LogP contribution in [0.3, 0.4) is 0 Å². The molecule has 0 amide bonds. The summed E-state index contributed by atoms with van der Waals surface area (Å²) < 4.78 is 14.3. The number of rotatable bonds is 5. The normalized spacial score (nSPS) is 13.2. The number of hydrogen-bond donors (Lipinski definition) is 0. The monoisotopic (exact) mass is 1000 g/mol. The van der Waals surface area contributed by atoms with E-state index in [0.29, 0.717) is 11.5 Å². The van der Waals surface area contributed by atoms with Gasteiger partial charge in [0.2, 0.25) is 0 Å². The number of imidazole rings is 1. The number of ether oxygens (including phenoxy) is 1. The van der Waals surface area contributed by atoms with E-state index in [4.69, 9.17) is 14.7 Å². The second kappa shape index (κ2) is 15.5. The molecule has 71 heavy (non-hydrogen) atoms. The average molecular weight is 1000 g/mol. The number of aromatic nitrogens is 5. The zero-order valence-corrected chi connectivity index (χ0v) is 40.1. The SMILES string of the molecule is CC1(C)c2ccc(Oc3[c-]c4c(cc3)c3c5c(c6ccccc6n5-c5ccccc5)c5c(c6ccccc6n5-c5ccccc5)c3n3c5ccccc5nc43)[c-]c2N(c2ccccn2)c2ccccc21.[Pd+2]. The number of para-hydroxylation sites is 7. The summed E-state index contributed by atoms with van der Waals surface area (Å²) in [6, 6.07) is 78.4. The van der Waals surface area contributed by atoms with E-state index in [1.54, 1.807) is 0 Å². The van der Waals surface area contributed by atoms with Gasteiger partial charge in [0.05, 0.1) is 38.7 Å². The van der Waals surface area contributed by atoms with Crippen molar-refractivity contribution in [2.75, 3.05) is 4.90 Å². The molecule has 1 aliphatic rings. The van der Waals surface area contributed by atoms with Gasteiger partial charge in [-0.2, -0.15) is 6.07 Å². The molecule has 0 aliphatic carbocycles. The van der Waals surface area contributed by atoms with Crippen LogP contribution in [0.4, 0.5) is 17.2 Å². The zero-order valence-electron chi connectivity index (χ0n) is 38.5. The van der Waals surface area contributed by atoms with E-state index in [1.807, 2.05) is 30.5 Å². The first kappa shape index (κ1) is 41.4. The van der Waals surface area contributed by atoms with Gasteiger partial charge >= 0.3 is 20.4 Å². The smallest absolute Gasteiger partial charge is 0.503 e. The molecule has 6 heterocycles. The molecule has 0 bridgehead atoms. The summed E-state index contributed by atoms with van der Waals surface area (Å²) in [4.78, 5) is 12.5. The van der Waals surface area contributed by atoms with Crippen molar-refractivity contribution in [2.45, 2.75) is 19.3 Å². The van der Waals surface area contributed by atoms with E-state index in [9.17, 15) is 0 Å². The maximum atomic E-state index is 6.93. The molecule has 5 aromatic heterocycles. The van der Waals surface area contributed by atoms with Gasteiger partial charge in [0.1, 0.15) is 5.82 Å². The van der Waals surface area contributed by atoms with Crippen LogP contribution in [-0.2, 0) is 25.8 Å². The summed E-state index contributed by atoms with van der Waals surface area (Å²) in [5.41, 5.74) is 14.6. The third kappa shape index (κ3) is 5.81. The van der Waals surface area contributed by atoms with Gasteiger partial charge in [-0.25, -0.2) is 4.98 Å². The first-order chi connectivity index (χ1) is 34.5. The molecule has 15 rings (SSSR count). The van der Waals surface area contributed by atoms with E-state index in [2.05, 4.69) is 220 Å². The van der Waals surface area contributed by atoms with Gasteiger partial charge < -0.3 is 23.2 Å². The Bertz CT molecular complexity index is 4480. The predicted molar refractivity (Wildman–Crippen MR) is 285 cm³/mol. The van der Waals surface area contributed by atoms with Crippen molar-refractivity contribution in [3.05, 3.63) is 230 Å². The van der Waals surface area contributed by atoms with Gasteiger partial charge in [-0.15, -0.1) is 29.8 Å². The number of pyridine rings is 2. The standard InChI is InChI=1S/C63H40N6O.Pd/c1-63(2)47-25-11-15-29-52(47)68(55-31-17-18-36-64-55)54-38-42(33-35-48(54)63)70-41-32-34-43-46(37-41)62-65-49-26-12-16-30-53(49)69(62)61-56(43)59-57(44-23-9-13-27-50(44)66(59)39-19-5-3-6-20-39)60-58(61)45-24-10-14-28-51(45)67(60)40-21-7-4-8-22-40;/h3-36H,1-2H3;/q-2;+2. The third-order valence-corrected chi connectivity index (χ3v) is 14.6. The van der Waals surface area contributed by atoms with Crippen LogP contribution in [0.1, 0.15) is 25.0 Å². The molecular formula is C63H40N6OPd. The molecule has 1 aliphatic heterocycles. The van der Waals surface area contributed by atoms with Gasteiger partial charge in [0.15, 0.2) is 0 Å². The summed E-state index contributed by atoms with van der Waals surface area (Å²) in [5.74, 6) is 1.97. The maximum Gasteiger partial charge on any atom is 2.00 e. The number of anilines is 3.